The largest absolute Gasteiger partial charge is 0.479 e. The van der Waals surface area contributed by atoms with E-state index in [4.69, 9.17) is 9.84 Å². The Bertz CT molecular complexity index is 291. The molecule has 0 spiro atoms. The lowest BCUT2D eigenvalue weighted by atomic mass is 10.1. The molecule has 0 aliphatic carbocycles. The summed E-state index contributed by atoms with van der Waals surface area (Å²) in [5, 5.41) is 23.0. The number of aliphatic hydroxyl groups is 1. The number of carbonyl (C=O) groups is 2. The number of carbonyl (C=O) groups excluding carboxylic acids is 1. The van der Waals surface area contributed by atoms with Crippen molar-refractivity contribution in [3.8, 4) is 0 Å². The smallest absolute Gasteiger partial charge is 0.337 e. The van der Waals surface area contributed by atoms with E-state index in [0.29, 0.717) is 6.61 Å². The quantitative estimate of drug-likeness (QED) is 0.508. The fourth-order valence-electron chi connectivity index (χ4n) is 1.13. The summed E-state index contributed by atoms with van der Waals surface area (Å²) in [5.74, 6) is -1.21. The molecular weight excluding hydrogens is 240 g/mol. The third-order valence-electron chi connectivity index (χ3n) is 2.52. The van der Waals surface area contributed by atoms with E-state index in [9.17, 15) is 14.7 Å². The minimum absolute atomic E-state index is 0.176. The van der Waals surface area contributed by atoms with Crippen LogP contribution in [0, 0.1) is 5.92 Å². The molecule has 0 rings (SSSR count). The van der Waals surface area contributed by atoms with E-state index in [1.165, 1.54) is 7.11 Å². The maximum atomic E-state index is 11.5. The van der Waals surface area contributed by atoms with Gasteiger partial charge in [0.1, 0.15) is 0 Å². The number of ether oxygens (including phenoxy) is 1. The highest BCUT2D eigenvalue weighted by Crippen LogP contribution is 2.03. The van der Waals surface area contributed by atoms with Crippen molar-refractivity contribution in [1.29, 1.82) is 0 Å². The van der Waals surface area contributed by atoms with Crippen molar-refractivity contribution in [1.82, 2.24) is 10.6 Å². The van der Waals surface area contributed by atoms with Gasteiger partial charge in [0, 0.05) is 7.11 Å². The number of nitrogens with one attached hydrogen (secondary N) is 2. The molecule has 0 bridgehead atoms. The normalized spacial score (nSPS) is 15.9. The molecule has 0 aliphatic heterocycles. The summed E-state index contributed by atoms with van der Waals surface area (Å²) < 4.78 is 4.96. The Morgan fingerprint density at radius 2 is 1.94 bits per heavy atom. The number of hydrogen-bond donors (Lipinski definition) is 4. The number of hydrogen-bond acceptors (Lipinski definition) is 4. The maximum absolute atomic E-state index is 11.5. The van der Waals surface area contributed by atoms with Crippen molar-refractivity contribution in [2.75, 3.05) is 20.3 Å². The highest BCUT2D eigenvalue weighted by Gasteiger charge is 2.30. The number of amides is 2. The molecule has 0 fully saturated rings. The highest BCUT2D eigenvalue weighted by molar-refractivity contribution is 5.79. The Labute approximate surface area is 107 Å². The summed E-state index contributed by atoms with van der Waals surface area (Å²) in [6, 6.07) is -0.711. The fraction of sp³-hybridized carbons (Fsp3) is 0.818. The molecule has 0 heterocycles. The number of rotatable bonds is 7. The topological polar surface area (TPSA) is 108 Å². The van der Waals surface area contributed by atoms with Gasteiger partial charge < -0.3 is 25.6 Å². The summed E-state index contributed by atoms with van der Waals surface area (Å²) in [4.78, 5) is 22.1. The van der Waals surface area contributed by atoms with Crippen molar-refractivity contribution < 1.29 is 24.5 Å². The molecule has 2 atom stereocenters. The average Bonchev–Trinajstić information content (AvgIpc) is 2.25. The zero-order chi connectivity index (χ0) is 14.3. The van der Waals surface area contributed by atoms with Gasteiger partial charge in [-0.15, -0.1) is 0 Å². The van der Waals surface area contributed by atoms with Crippen molar-refractivity contribution in [2.45, 2.75) is 32.4 Å². The zero-order valence-corrected chi connectivity index (χ0v) is 11.2. The first kappa shape index (κ1) is 16.7. The standard InChI is InChI=1S/C11H22N2O5/c1-7(2)8(5-18-4)13-10(16)12-6-11(3,17)9(14)15/h7-8,17H,5-6H2,1-4H3,(H,14,15)(H2,12,13,16). The lowest BCUT2D eigenvalue weighted by molar-refractivity contribution is -0.155. The molecule has 0 saturated heterocycles. The third kappa shape index (κ3) is 5.83. The Hall–Kier alpha value is -1.34. The molecule has 106 valence electrons. The number of urea groups is 1. The van der Waals surface area contributed by atoms with E-state index in [2.05, 4.69) is 10.6 Å². The number of methoxy groups -OCH3 is 1. The van der Waals surface area contributed by atoms with Gasteiger partial charge in [-0.2, -0.15) is 0 Å². The number of aliphatic carboxylic acids is 1. The molecule has 4 N–H and O–H groups in total. The van der Waals surface area contributed by atoms with Gasteiger partial charge in [-0.05, 0) is 12.8 Å². The number of carboxylic acids is 1. The molecule has 0 aromatic heterocycles. The van der Waals surface area contributed by atoms with E-state index >= 15 is 0 Å². The Morgan fingerprint density at radius 3 is 2.33 bits per heavy atom. The second-order valence-corrected chi connectivity index (χ2v) is 4.71. The van der Waals surface area contributed by atoms with Crippen molar-refractivity contribution in [3.63, 3.8) is 0 Å². The molecule has 0 radical (unpaired) electrons. The summed E-state index contributed by atoms with van der Waals surface area (Å²) in [5.41, 5.74) is -1.98. The van der Waals surface area contributed by atoms with Gasteiger partial charge in [-0.25, -0.2) is 9.59 Å². The van der Waals surface area contributed by atoms with E-state index < -0.39 is 17.6 Å². The summed E-state index contributed by atoms with van der Waals surface area (Å²) in [6.45, 7) is 4.96. The highest BCUT2D eigenvalue weighted by atomic mass is 16.5. The summed E-state index contributed by atoms with van der Waals surface area (Å²) in [7, 11) is 1.53. The molecule has 18 heavy (non-hydrogen) atoms. The summed E-state index contributed by atoms with van der Waals surface area (Å²) in [6.07, 6.45) is 0. The molecule has 0 saturated carbocycles. The molecule has 7 heteroatoms. The molecule has 2 unspecified atom stereocenters. The van der Waals surface area contributed by atoms with Crippen LogP contribution in [0.5, 0.6) is 0 Å². The first-order chi connectivity index (χ1) is 8.20. The van der Waals surface area contributed by atoms with Crippen LogP contribution in [0.3, 0.4) is 0 Å². The summed E-state index contributed by atoms with van der Waals surface area (Å²) >= 11 is 0. The maximum Gasteiger partial charge on any atom is 0.337 e. The van der Waals surface area contributed by atoms with Crippen LogP contribution in [0.4, 0.5) is 4.79 Å². The SMILES string of the molecule is COCC(NC(=O)NCC(C)(O)C(=O)O)C(C)C. The first-order valence-corrected chi connectivity index (χ1v) is 5.69. The Morgan fingerprint density at radius 1 is 1.39 bits per heavy atom. The first-order valence-electron chi connectivity index (χ1n) is 5.69. The van der Waals surface area contributed by atoms with Crippen LogP contribution in [-0.4, -0.2) is 54.1 Å². The van der Waals surface area contributed by atoms with E-state index in [1.54, 1.807) is 0 Å². The molecular formula is C11H22N2O5. The van der Waals surface area contributed by atoms with Crippen molar-refractivity contribution >= 4 is 12.0 Å². The van der Waals surface area contributed by atoms with Crippen LogP contribution in [0.1, 0.15) is 20.8 Å². The van der Waals surface area contributed by atoms with Gasteiger partial charge in [-0.1, -0.05) is 13.8 Å². The van der Waals surface area contributed by atoms with Crippen LogP contribution in [0.25, 0.3) is 0 Å². The van der Waals surface area contributed by atoms with E-state index in [0.717, 1.165) is 6.92 Å². The van der Waals surface area contributed by atoms with E-state index in [-0.39, 0.29) is 18.5 Å². The predicted molar refractivity (Wildman–Crippen MR) is 65.3 cm³/mol. The second kappa shape index (κ2) is 7.17. The van der Waals surface area contributed by atoms with Crippen molar-refractivity contribution in [3.05, 3.63) is 0 Å². The van der Waals surface area contributed by atoms with Crippen LogP contribution in [0.15, 0.2) is 0 Å². The molecule has 7 nitrogen and oxygen atoms in total. The Balaban J connectivity index is 4.22. The van der Waals surface area contributed by atoms with E-state index in [1.807, 2.05) is 13.8 Å². The Kier molecular flexibility index (Phi) is 6.64. The molecule has 0 aromatic carbocycles. The molecule has 2 amide bonds. The van der Waals surface area contributed by atoms with Gasteiger partial charge in [0.2, 0.25) is 0 Å². The van der Waals surface area contributed by atoms with Gasteiger partial charge in [0.25, 0.3) is 0 Å². The lowest BCUT2D eigenvalue weighted by Gasteiger charge is -2.23. The van der Waals surface area contributed by atoms with Crippen LogP contribution in [-0.2, 0) is 9.53 Å². The molecule has 0 aromatic rings. The second-order valence-electron chi connectivity index (χ2n) is 4.71. The minimum atomic E-state index is -1.98. The van der Waals surface area contributed by atoms with Gasteiger partial charge >= 0.3 is 12.0 Å². The van der Waals surface area contributed by atoms with Crippen molar-refractivity contribution in [2.24, 2.45) is 5.92 Å². The van der Waals surface area contributed by atoms with Crippen LogP contribution in [0.2, 0.25) is 0 Å². The minimum Gasteiger partial charge on any atom is -0.479 e. The predicted octanol–water partition coefficient (Wildman–Crippen LogP) is -0.208. The van der Waals surface area contributed by atoms with Crippen LogP contribution < -0.4 is 10.6 Å². The van der Waals surface area contributed by atoms with Gasteiger partial charge in [0.05, 0.1) is 19.2 Å². The zero-order valence-electron chi connectivity index (χ0n) is 11.2. The van der Waals surface area contributed by atoms with Gasteiger partial charge in [0.15, 0.2) is 5.60 Å². The monoisotopic (exact) mass is 262 g/mol. The lowest BCUT2D eigenvalue weighted by Crippen LogP contribution is -2.52. The average molecular weight is 262 g/mol. The van der Waals surface area contributed by atoms with Gasteiger partial charge in [-0.3, -0.25) is 0 Å². The molecule has 0 aliphatic rings. The fourth-order valence-corrected chi connectivity index (χ4v) is 1.13. The van der Waals surface area contributed by atoms with Crippen LogP contribution >= 0.6 is 0 Å². The third-order valence-corrected chi connectivity index (χ3v) is 2.52. The number of carboxylic acid groups (broad SMARTS) is 1.